The Hall–Kier alpha value is -2.20. The molecule has 1 aliphatic heterocycles. The molecule has 0 spiro atoms. The van der Waals surface area contributed by atoms with Crippen molar-refractivity contribution in [1.29, 1.82) is 0 Å². The first kappa shape index (κ1) is 22.0. The zero-order chi connectivity index (χ0) is 21.8. The van der Waals surface area contributed by atoms with Crippen molar-refractivity contribution in [2.75, 3.05) is 19.7 Å². The molecule has 0 unspecified atom stereocenters. The highest BCUT2D eigenvalue weighted by atomic mass is 32.2. The first-order chi connectivity index (χ1) is 14.9. The predicted octanol–water partition coefficient (Wildman–Crippen LogP) is 2.12. The van der Waals surface area contributed by atoms with Crippen molar-refractivity contribution in [3.05, 3.63) is 18.2 Å². The van der Waals surface area contributed by atoms with Crippen LogP contribution in [-0.4, -0.2) is 59.5 Å². The van der Waals surface area contributed by atoms with Gasteiger partial charge in [0.25, 0.3) is 5.91 Å². The molecule has 4 rings (SSSR count). The van der Waals surface area contributed by atoms with Crippen molar-refractivity contribution < 1.29 is 18.0 Å². The Labute approximate surface area is 183 Å². The van der Waals surface area contributed by atoms with Crippen molar-refractivity contribution in [2.24, 2.45) is 5.92 Å². The van der Waals surface area contributed by atoms with Gasteiger partial charge in [0.05, 0.1) is 4.90 Å². The molecule has 1 aromatic heterocycles. The molecule has 1 N–H and O–H groups in total. The second kappa shape index (κ2) is 9.52. The third-order valence-corrected chi connectivity index (χ3v) is 8.04. The molecule has 2 heterocycles. The fraction of sp³-hybridized carbons (Fsp3) is 0.667. The molecule has 31 heavy (non-hydrogen) atoms. The van der Waals surface area contributed by atoms with Gasteiger partial charge >= 0.3 is 0 Å². The smallest absolute Gasteiger partial charge is 0.260 e. The molecular formula is C21H31N5O4S. The molecule has 0 bridgehead atoms. The van der Waals surface area contributed by atoms with Gasteiger partial charge in [-0.05, 0) is 55.0 Å². The molecule has 2 fully saturated rings. The number of benzene rings is 1. The molecule has 10 heteroatoms. The van der Waals surface area contributed by atoms with E-state index in [2.05, 4.69) is 22.6 Å². The van der Waals surface area contributed by atoms with E-state index in [-0.39, 0.29) is 23.5 Å². The van der Waals surface area contributed by atoms with E-state index < -0.39 is 10.0 Å². The molecule has 9 nitrogen and oxygen atoms in total. The van der Waals surface area contributed by atoms with Crippen LogP contribution in [0.5, 0.6) is 0 Å². The topological polar surface area (TPSA) is 106 Å². The van der Waals surface area contributed by atoms with Crippen molar-refractivity contribution in [3.8, 4) is 0 Å². The molecule has 1 saturated heterocycles. The Bertz CT molecular complexity index is 1010. The number of hydrogen-bond donors (Lipinski definition) is 1. The number of nitrogens with zero attached hydrogens (tertiary/aromatic N) is 4. The summed E-state index contributed by atoms with van der Waals surface area (Å²) >= 11 is 0. The van der Waals surface area contributed by atoms with Crippen LogP contribution in [0.25, 0.3) is 11.0 Å². The zero-order valence-electron chi connectivity index (χ0n) is 18.0. The van der Waals surface area contributed by atoms with Gasteiger partial charge in [0, 0.05) is 19.1 Å². The van der Waals surface area contributed by atoms with Gasteiger partial charge in [0.15, 0.2) is 6.61 Å². The van der Waals surface area contributed by atoms with Crippen molar-refractivity contribution >= 4 is 27.0 Å². The Balaban J connectivity index is 1.45. The van der Waals surface area contributed by atoms with E-state index in [0.29, 0.717) is 30.0 Å². The number of hydrogen-bond acceptors (Lipinski definition) is 6. The molecule has 1 aromatic carbocycles. The first-order valence-electron chi connectivity index (χ1n) is 11.2. The van der Waals surface area contributed by atoms with Crippen molar-refractivity contribution in [2.45, 2.75) is 69.2 Å². The lowest BCUT2D eigenvalue weighted by molar-refractivity contribution is -0.127. The summed E-state index contributed by atoms with van der Waals surface area (Å²) in [5.41, 5.74) is 0.934. The number of carbonyl (C=O) groups is 1. The molecule has 2 aromatic rings. The number of aromatic nitrogens is 3. The third-order valence-electron chi connectivity index (χ3n) is 6.18. The fourth-order valence-corrected chi connectivity index (χ4v) is 6.08. The second-order valence-electron chi connectivity index (χ2n) is 8.75. The van der Waals surface area contributed by atoms with E-state index in [1.165, 1.54) is 23.2 Å². The van der Waals surface area contributed by atoms with Crippen LogP contribution in [-0.2, 0) is 14.8 Å². The third kappa shape index (κ3) is 5.17. The van der Waals surface area contributed by atoms with Crippen LogP contribution < -0.4 is 10.2 Å². The highest BCUT2D eigenvalue weighted by Crippen LogP contribution is 2.25. The van der Waals surface area contributed by atoms with Gasteiger partial charge in [-0.2, -0.15) is 4.31 Å². The van der Waals surface area contributed by atoms with E-state index in [0.717, 1.165) is 43.4 Å². The number of amides is 1. The maximum Gasteiger partial charge on any atom is 0.260 e. The van der Waals surface area contributed by atoms with Crippen LogP contribution in [0, 0.1) is 5.92 Å². The lowest BCUT2D eigenvalue weighted by Gasteiger charge is -2.30. The van der Waals surface area contributed by atoms with Gasteiger partial charge in [-0.1, -0.05) is 37.5 Å². The highest BCUT2D eigenvalue weighted by molar-refractivity contribution is 7.89. The monoisotopic (exact) mass is 449 g/mol. The quantitative estimate of drug-likeness (QED) is 0.677. The molecule has 0 radical (unpaired) electrons. The second-order valence-corrected chi connectivity index (χ2v) is 10.7. The highest BCUT2D eigenvalue weighted by Gasteiger charge is 2.29. The van der Waals surface area contributed by atoms with E-state index in [4.69, 9.17) is 4.84 Å². The van der Waals surface area contributed by atoms with E-state index in [1.54, 1.807) is 12.1 Å². The fourth-order valence-electron chi connectivity index (χ4n) is 4.46. The van der Waals surface area contributed by atoms with Gasteiger partial charge in [0.2, 0.25) is 10.0 Å². The molecular weight excluding hydrogens is 418 g/mol. The summed E-state index contributed by atoms with van der Waals surface area (Å²) < 4.78 is 27.7. The maximum atomic E-state index is 13.1. The Morgan fingerprint density at radius 1 is 1.16 bits per heavy atom. The normalized spacial score (nSPS) is 21.6. The zero-order valence-corrected chi connectivity index (χ0v) is 18.8. The van der Waals surface area contributed by atoms with Crippen LogP contribution in [0.4, 0.5) is 0 Å². The standard InChI is InChI=1S/C21H31N5O4S/c1-16-7-6-12-25(14-16)31(28,29)18-10-11-19-20(13-18)26(24-23-19)30-15-21(27)22-17-8-4-2-3-5-9-17/h10-11,13,16-17H,2-9,12,14-15H2,1H3,(H,22,27)/t16-/m0/s1. The minimum absolute atomic E-state index is 0.184. The SMILES string of the molecule is C[C@H]1CCCN(S(=O)(=O)c2ccc3nnn(OCC(=O)NC4CCCCCC4)c3c2)C1. The number of nitrogens with one attached hydrogen (secondary N) is 1. The Kier molecular flexibility index (Phi) is 6.76. The van der Waals surface area contributed by atoms with Gasteiger partial charge in [-0.25, -0.2) is 8.42 Å². The summed E-state index contributed by atoms with van der Waals surface area (Å²) in [6.07, 6.45) is 8.59. The lowest BCUT2D eigenvalue weighted by atomic mass is 10.0. The van der Waals surface area contributed by atoms with Crippen molar-refractivity contribution in [1.82, 2.24) is 24.8 Å². The number of carbonyl (C=O) groups excluding carboxylic acids is 1. The van der Waals surface area contributed by atoms with Gasteiger partial charge < -0.3 is 10.2 Å². The first-order valence-corrected chi connectivity index (χ1v) is 12.7. The van der Waals surface area contributed by atoms with Crippen LogP contribution in [0.2, 0.25) is 0 Å². The maximum absolute atomic E-state index is 13.1. The van der Waals surface area contributed by atoms with Crippen LogP contribution in [0.1, 0.15) is 58.3 Å². The average molecular weight is 450 g/mol. The van der Waals surface area contributed by atoms with Crippen molar-refractivity contribution in [3.63, 3.8) is 0 Å². The summed E-state index contributed by atoms with van der Waals surface area (Å²) in [4.78, 5) is 19.2. The van der Waals surface area contributed by atoms with E-state index in [9.17, 15) is 13.2 Å². The minimum Gasteiger partial charge on any atom is -0.385 e. The van der Waals surface area contributed by atoms with Crippen LogP contribution in [0.3, 0.4) is 0 Å². The lowest BCUT2D eigenvalue weighted by Crippen LogP contribution is -2.39. The number of sulfonamides is 1. The van der Waals surface area contributed by atoms with Gasteiger partial charge in [0.1, 0.15) is 11.0 Å². The number of fused-ring (bicyclic) bond motifs is 1. The summed E-state index contributed by atoms with van der Waals surface area (Å²) in [5, 5.41) is 11.0. The van der Waals surface area contributed by atoms with Crippen LogP contribution in [0.15, 0.2) is 23.1 Å². The summed E-state index contributed by atoms with van der Waals surface area (Å²) in [5.74, 6) is 0.136. The molecule has 2 aliphatic rings. The largest absolute Gasteiger partial charge is 0.385 e. The van der Waals surface area contributed by atoms with Gasteiger partial charge in [-0.15, -0.1) is 5.10 Å². The van der Waals surface area contributed by atoms with Gasteiger partial charge in [-0.3, -0.25) is 4.79 Å². The van der Waals surface area contributed by atoms with E-state index in [1.807, 2.05) is 0 Å². The predicted molar refractivity (Wildman–Crippen MR) is 116 cm³/mol. The number of piperidine rings is 1. The molecule has 1 amide bonds. The Morgan fingerprint density at radius 3 is 2.68 bits per heavy atom. The molecule has 170 valence electrons. The Morgan fingerprint density at radius 2 is 1.94 bits per heavy atom. The minimum atomic E-state index is -3.61. The summed E-state index contributed by atoms with van der Waals surface area (Å²) in [7, 11) is -3.61. The van der Waals surface area contributed by atoms with E-state index >= 15 is 0 Å². The molecule has 1 atom stereocenters. The van der Waals surface area contributed by atoms with Crippen LogP contribution >= 0.6 is 0 Å². The molecule has 1 aliphatic carbocycles. The summed E-state index contributed by atoms with van der Waals surface area (Å²) in [6, 6.07) is 4.88. The summed E-state index contributed by atoms with van der Waals surface area (Å²) in [6.45, 7) is 2.92. The average Bonchev–Trinajstić information content (AvgIpc) is 2.98. The molecule has 1 saturated carbocycles. The number of rotatable bonds is 6.